The Balaban J connectivity index is 2.00. The Bertz CT molecular complexity index is 333. The van der Waals surface area contributed by atoms with Crippen molar-refractivity contribution in [3.8, 4) is 0 Å². The maximum Gasteiger partial charge on any atom is 0.240 e. The highest BCUT2D eigenvalue weighted by Crippen LogP contribution is 2.21. The minimum atomic E-state index is -0.422. The van der Waals surface area contributed by atoms with Gasteiger partial charge in [-0.2, -0.15) is 0 Å². The van der Waals surface area contributed by atoms with Crippen LogP contribution in [0.15, 0.2) is 10.9 Å². The molecule has 1 saturated carbocycles. The number of rotatable bonds is 4. The van der Waals surface area contributed by atoms with Crippen LogP contribution in [0.1, 0.15) is 43.8 Å². The van der Waals surface area contributed by atoms with Gasteiger partial charge in [-0.05, 0) is 12.8 Å². The van der Waals surface area contributed by atoms with Gasteiger partial charge in [0.25, 0.3) is 0 Å². The smallest absolute Gasteiger partial charge is 0.240 e. The second kappa shape index (κ2) is 5.41. The lowest BCUT2D eigenvalue weighted by Gasteiger charge is -2.26. The van der Waals surface area contributed by atoms with Gasteiger partial charge in [-0.25, -0.2) is 4.98 Å². The van der Waals surface area contributed by atoms with Crippen LogP contribution < -0.4 is 11.1 Å². The van der Waals surface area contributed by atoms with Gasteiger partial charge in [0.15, 0.2) is 0 Å². The van der Waals surface area contributed by atoms with Gasteiger partial charge < -0.3 is 5.73 Å². The molecule has 1 aromatic heterocycles. The van der Waals surface area contributed by atoms with Crippen molar-refractivity contribution in [3.05, 3.63) is 16.6 Å². The van der Waals surface area contributed by atoms with E-state index in [0.717, 1.165) is 18.5 Å². The van der Waals surface area contributed by atoms with Crippen molar-refractivity contribution >= 4 is 17.2 Å². The Morgan fingerprint density at radius 1 is 1.50 bits per heavy atom. The Morgan fingerprint density at radius 3 is 2.81 bits per heavy atom. The number of nitrogens with two attached hydrogens (primary N) is 1. The molecule has 2 rings (SSSR count). The fourth-order valence-corrected chi connectivity index (χ4v) is 2.76. The molecule has 0 saturated heterocycles. The highest BCUT2D eigenvalue weighted by molar-refractivity contribution is 7.07. The number of carbonyl (C=O) groups excluding carboxylic acids is 1. The summed E-state index contributed by atoms with van der Waals surface area (Å²) in [6.07, 6.45) is 6.04. The lowest BCUT2D eigenvalue weighted by atomic mass is 9.94. The lowest BCUT2D eigenvalue weighted by Crippen LogP contribution is -2.41. The Morgan fingerprint density at radius 2 is 2.25 bits per heavy atom. The molecule has 1 heterocycles. The Labute approximate surface area is 99.3 Å². The third kappa shape index (κ3) is 2.80. The van der Waals surface area contributed by atoms with Crippen LogP contribution in [0.4, 0.5) is 0 Å². The van der Waals surface area contributed by atoms with Crippen molar-refractivity contribution in [1.82, 2.24) is 10.3 Å². The van der Waals surface area contributed by atoms with Crippen LogP contribution in [0.2, 0.25) is 0 Å². The number of hydrogen-bond donors (Lipinski definition) is 2. The standard InChI is InChI=1S/C11H17N3OS/c12-11(15)10(9-6-16-7-13-9)14-8-4-2-1-3-5-8/h6-8,10,14H,1-5H2,(H2,12,15). The topological polar surface area (TPSA) is 68.0 Å². The van der Waals surface area contributed by atoms with Crippen molar-refractivity contribution in [2.24, 2.45) is 5.73 Å². The van der Waals surface area contributed by atoms with Crippen LogP contribution in [-0.4, -0.2) is 16.9 Å². The van der Waals surface area contributed by atoms with Crippen LogP contribution in [0.3, 0.4) is 0 Å². The van der Waals surface area contributed by atoms with Crippen LogP contribution in [-0.2, 0) is 4.79 Å². The molecule has 16 heavy (non-hydrogen) atoms. The molecular formula is C11H17N3OS. The summed E-state index contributed by atoms with van der Waals surface area (Å²) in [4.78, 5) is 15.6. The summed E-state index contributed by atoms with van der Waals surface area (Å²) in [6, 6.07) is -0.0118. The molecule has 1 aliphatic rings. The number of thiazole rings is 1. The first-order valence-corrected chi connectivity index (χ1v) is 6.65. The zero-order chi connectivity index (χ0) is 11.4. The molecule has 0 spiro atoms. The minimum Gasteiger partial charge on any atom is -0.368 e. The first-order chi connectivity index (χ1) is 7.77. The van der Waals surface area contributed by atoms with E-state index in [9.17, 15) is 4.79 Å². The normalized spacial score (nSPS) is 19.5. The average molecular weight is 239 g/mol. The van der Waals surface area contributed by atoms with Crippen molar-refractivity contribution < 1.29 is 4.79 Å². The summed E-state index contributed by atoms with van der Waals surface area (Å²) < 4.78 is 0. The molecule has 0 bridgehead atoms. The van der Waals surface area contributed by atoms with E-state index in [1.807, 2.05) is 5.38 Å². The van der Waals surface area contributed by atoms with Crippen molar-refractivity contribution in [2.75, 3.05) is 0 Å². The SMILES string of the molecule is NC(=O)C(NC1CCCCC1)c1cscn1. The summed E-state index contributed by atoms with van der Waals surface area (Å²) in [6.45, 7) is 0. The van der Waals surface area contributed by atoms with Crippen LogP contribution >= 0.6 is 11.3 Å². The van der Waals surface area contributed by atoms with Gasteiger partial charge in [0.2, 0.25) is 5.91 Å². The van der Waals surface area contributed by atoms with E-state index in [1.54, 1.807) is 5.51 Å². The zero-order valence-electron chi connectivity index (χ0n) is 9.19. The molecule has 5 heteroatoms. The van der Waals surface area contributed by atoms with E-state index >= 15 is 0 Å². The maximum atomic E-state index is 11.4. The van der Waals surface area contributed by atoms with Gasteiger partial charge in [-0.15, -0.1) is 11.3 Å². The quantitative estimate of drug-likeness (QED) is 0.838. The largest absolute Gasteiger partial charge is 0.368 e. The molecular weight excluding hydrogens is 222 g/mol. The number of aromatic nitrogens is 1. The van der Waals surface area contributed by atoms with Gasteiger partial charge >= 0.3 is 0 Å². The molecule has 0 aromatic carbocycles. The van der Waals surface area contributed by atoms with E-state index in [0.29, 0.717) is 6.04 Å². The molecule has 1 atom stereocenters. The van der Waals surface area contributed by atoms with E-state index in [4.69, 9.17) is 5.73 Å². The molecule has 3 N–H and O–H groups in total. The molecule has 1 amide bonds. The summed E-state index contributed by atoms with van der Waals surface area (Å²) in [5, 5.41) is 5.21. The summed E-state index contributed by atoms with van der Waals surface area (Å²) in [7, 11) is 0. The van der Waals surface area contributed by atoms with Gasteiger partial charge in [-0.3, -0.25) is 10.1 Å². The number of amides is 1. The number of primary amides is 1. The molecule has 88 valence electrons. The molecule has 1 fully saturated rings. The van der Waals surface area contributed by atoms with Gasteiger partial charge in [0.05, 0.1) is 11.2 Å². The predicted molar refractivity (Wildman–Crippen MR) is 64.1 cm³/mol. The second-order valence-electron chi connectivity index (χ2n) is 4.25. The second-order valence-corrected chi connectivity index (χ2v) is 4.97. The van der Waals surface area contributed by atoms with E-state index in [-0.39, 0.29) is 5.91 Å². The van der Waals surface area contributed by atoms with Crippen molar-refractivity contribution in [2.45, 2.75) is 44.2 Å². The monoisotopic (exact) mass is 239 g/mol. The van der Waals surface area contributed by atoms with E-state index < -0.39 is 6.04 Å². The highest BCUT2D eigenvalue weighted by atomic mass is 32.1. The van der Waals surface area contributed by atoms with E-state index in [1.165, 1.54) is 30.6 Å². The third-order valence-electron chi connectivity index (χ3n) is 3.04. The zero-order valence-corrected chi connectivity index (χ0v) is 10.0. The van der Waals surface area contributed by atoms with Crippen LogP contribution in [0.25, 0.3) is 0 Å². The molecule has 0 radical (unpaired) electrons. The Hall–Kier alpha value is -0.940. The first-order valence-electron chi connectivity index (χ1n) is 5.71. The van der Waals surface area contributed by atoms with Crippen LogP contribution in [0.5, 0.6) is 0 Å². The summed E-state index contributed by atoms with van der Waals surface area (Å²) >= 11 is 1.49. The Kier molecular flexibility index (Phi) is 3.90. The number of nitrogens with one attached hydrogen (secondary N) is 1. The molecule has 1 aromatic rings. The fraction of sp³-hybridized carbons (Fsp3) is 0.636. The summed E-state index contributed by atoms with van der Waals surface area (Å²) in [5.74, 6) is -0.337. The van der Waals surface area contributed by atoms with Gasteiger partial charge in [-0.1, -0.05) is 19.3 Å². The molecule has 0 aliphatic heterocycles. The maximum absolute atomic E-state index is 11.4. The fourth-order valence-electron chi connectivity index (χ4n) is 2.18. The van der Waals surface area contributed by atoms with Gasteiger partial charge in [0.1, 0.15) is 6.04 Å². The predicted octanol–water partition coefficient (Wildman–Crippen LogP) is 1.59. The average Bonchev–Trinajstić information content (AvgIpc) is 2.80. The van der Waals surface area contributed by atoms with E-state index in [2.05, 4.69) is 10.3 Å². The summed E-state index contributed by atoms with van der Waals surface area (Å²) in [5.41, 5.74) is 7.89. The van der Waals surface area contributed by atoms with Crippen LogP contribution in [0, 0.1) is 0 Å². The lowest BCUT2D eigenvalue weighted by molar-refractivity contribution is -0.120. The highest BCUT2D eigenvalue weighted by Gasteiger charge is 2.24. The first kappa shape index (κ1) is 11.5. The molecule has 1 unspecified atom stereocenters. The molecule has 1 aliphatic carbocycles. The van der Waals surface area contributed by atoms with Crippen molar-refractivity contribution in [1.29, 1.82) is 0 Å². The third-order valence-corrected chi connectivity index (χ3v) is 3.64. The number of nitrogens with zero attached hydrogens (tertiary/aromatic N) is 1. The minimum absolute atomic E-state index is 0.337. The number of hydrogen-bond acceptors (Lipinski definition) is 4. The van der Waals surface area contributed by atoms with Crippen molar-refractivity contribution in [3.63, 3.8) is 0 Å². The number of carbonyl (C=O) groups is 1. The molecule has 4 nitrogen and oxygen atoms in total. The van der Waals surface area contributed by atoms with Gasteiger partial charge in [0, 0.05) is 11.4 Å².